The molecule has 4 heteroatoms. The number of hydrogen-bond acceptors (Lipinski definition) is 2. The van der Waals surface area contributed by atoms with Crippen LogP contribution in [-0.2, 0) is 6.54 Å². The van der Waals surface area contributed by atoms with E-state index in [0.29, 0.717) is 6.54 Å². The molecule has 2 rings (SSSR count). The third-order valence-electron chi connectivity index (χ3n) is 2.40. The Hall–Kier alpha value is -1.00. The summed E-state index contributed by atoms with van der Waals surface area (Å²) in [6.07, 6.45) is 1.95. The number of halogens is 1. The van der Waals surface area contributed by atoms with Gasteiger partial charge in [-0.3, -0.25) is 0 Å². The van der Waals surface area contributed by atoms with Gasteiger partial charge in [0.25, 0.3) is 0 Å². The molecule has 0 saturated heterocycles. The fourth-order valence-electron chi connectivity index (χ4n) is 1.72. The maximum atomic E-state index is 8.96. The molecule has 1 heterocycles. The fraction of sp³-hybridized carbons (Fsp3) is 0.273. The second kappa shape index (κ2) is 4.24. The molecule has 0 unspecified atom stereocenters. The average Bonchev–Trinajstić information content (AvgIpc) is 2.65. The summed E-state index contributed by atoms with van der Waals surface area (Å²) in [4.78, 5) is 0. The Morgan fingerprint density at radius 3 is 2.87 bits per heavy atom. The summed E-state index contributed by atoms with van der Waals surface area (Å²) in [7, 11) is 1.65. The second-order valence-electron chi connectivity index (χ2n) is 3.24. The van der Waals surface area contributed by atoms with Gasteiger partial charge in [-0.25, -0.2) is 0 Å². The molecule has 0 saturated carbocycles. The average molecular weight is 270 g/mol. The molecule has 80 valence electrons. The predicted molar refractivity (Wildman–Crippen MR) is 63.3 cm³/mol. The van der Waals surface area contributed by atoms with Crippen LogP contribution in [-0.4, -0.2) is 23.4 Å². The summed E-state index contributed by atoms with van der Waals surface area (Å²) in [6.45, 7) is 0.704. The second-order valence-corrected chi connectivity index (χ2v) is 4.10. The van der Waals surface area contributed by atoms with E-state index in [1.807, 2.05) is 29.0 Å². The lowest BCUT2D eigenvalue weighted by Gasteiger charge is -2.08. The first-order valence-corrected chi connectivity index (χ1v) is 5.49. The van der Waals surface area contributed by atoms with Crippen LogP contribution in [0.15, 0.2) is 28.9 Å². The van der Waals surface area contributed by atoms with E-state index in [2.05, 4.69) is 15.9 Å². The molecule has 0 fully saturated rings. The van der Waals surface area contributed by atoms with Gasteiger partial charge in [-0.15, -0.1) is 0 Å². The lowest BCUT2D eigenvalue weighted by atomic mass is 10.2. The minimum absolute atomic E-state index is 0.124. The van der Waals surface area contributed by atoms with Crippen molar-refractivity contribution in [2.45, 2.75) is 6.54 Å². The molecule has 15 heavy (non-hydrogen) atoms. The number of benzene rings is 1. The third kappa shape index (κ3) is 1.75. The number of aromatic nitrogens is 1. The fourth-order valence-corrected chi connectivity index (χ4v) is 2.17. The first-order chi connectivity index (χ1) is 7.27. The third-order valence-corrected chi connectivity index (χ3v) is 3.09. The van der Waals surface area contributed by atoms with Crippen molar-refractivity contribution in [1.29, 1.82) is 0 Å². The molecule has 0 bridgehead atoms. The van der Waals surface area contributed by atoms with Gasteiger partial charge in [0.2, 0.25) is 0 Å². The molecule has 1 aromatic heterocycles. The molecule has 3 nitrogen and oxygen atoms in total. The first kappa shape index (κ1) is 10.5. The van der Waals surface area contributed by atoms with Crippen molar-refractivity contribution in [3.63, 3.8) is 0 Å². The van der Waals surface area contributed by atoms with E-state index >= 15 is 0 Å². The predicted octanol–water partition coefficient (Wildman–Crippen LogP) is 2.40. The molecule has 1 N–H and O–H groups in total. The number of fused-ring (bicyclic) bond motifs is 1. The van der Waals surface area contributed by atoms with E-state index in [1.54, 1.807) is 7.11 Å². The van der Waals surface area contributed by atoms with Crippen LogP contribution in [0.1, 0.15) is 0 Å². The Labute approximate surface area is 96.4 Å². The van der Waals surface area contributed by atoms with Crippen LogP contribution in [0.2, 0.25) is 0 Å². The summed E-state index contributed by atoms with van der Waals surface area (Å²) < 4.78 is 8.33. The molecular weight excluding hydrogens is 258 g/mol. The smallest absolute Gasteiger partial charge is 0.143 e. The van der Waals surface area contributed by atoms with Crippen molar-refractivity contribution in [3.05, 3.63) is 28.9 Å². The zero-order valence-corrected chi connectivity index (χ0v) is 9.99. The zero-order chi connectivity index (χ0) is 10.8. The SMILES string of the molecule is COc1ccc(Br)c2ccn(CCO)c12. The number of ether oxygens (including phenoxy) is 1. The molecule has 0 aliphatic heterocycles. The van der Waals surface area contributed by atoms with Gasteiger partial charge < -0.3 is 14.4 Å². The maximum Gasteiger partial charge on any atom is 0.143 e. The Balaban J connectivity index is 2.69. The molecule has 1 aromatic carbocycles. The Morgan fingerprint density at radius 2 is 2.20 bits per heavy atom. The molecular formula is C11H12BrNO2. The number of rotatable bonds is 3. The van der Waals surface area contributed by atoms with Crippen LogP contribution < -0.4 is 4.74 Å². The van der Waals surface area contributed by atoms with E-state index in [1.165, 1.54) is 0 Å². The maximum absolute atomic E-state index is 8.96. The van der Waals surface area contributed by atoms with E-state index in [4.69, 9.17) is 9.84 Å². The highest BCUT2D eigenvalue weighted by molar-refractivity contribution is 9.10. The topological polar surface area (TPSA) is 34.4 Å². The summed E-state index contributed by atoms with van der Waals surface area (Å²) in [5, 5.41) is 10.1. The highest BCUT2D eigenvalue weighted by Crippen LogP contribution is 2.32. The van der Waals surface area contributed by atoms with Crippen LogP contribution in [0.4, 0.5) is 0 Å². The van der Waals surface area contributed by atoms with Crippen LogP contribution >= 0.6 is 15.9 Å². The van der Waals surface area contributed by atoms with Gasteiger partial charge in [-0.1, -0.05) is 15.9 Å². The minimum Gasteiger partial charge on any atom is -0.495 e. The van der Waals surface area contributed by atoms with Crippen molar-refractivity contribution in [3.8, 4) is 5.75 Å². The van der Waals surface area contributed by atoms with Gasteiger partial charge >= 0.3 is 0 Å². The number of hydrogen-bond donors (Lipinski definition) is 1. The number of aliphatic hydroxyl groups excluding tert-OH is 1. The van der Waals surface area contributed by atoms with Crippen molar-refractivity contribution in [2.75, 3.05) is 13.7 Å². The quantitative estimate of drug-likeness (QED) is 0.929. The van der Waals surface area contributed by atoms with Crippen molar-refractivity contribution in [1.82, 2.24) is 4.57 Å². The highest BCUT2D eigenvalue weighted by atomic mass is 79.9. The van der Waals surface area contributed by atoms with E-state index in [-0.39, 0.29) is 6.61 Å². The van der Waals surface area contributed by atoms with Crippen LogP contribution in [0, 0.1) is 0 Å². The zero-order valence-electron chi connectivity index (χ0n) is 8.40. The molecule has 0 amide bonds. The van der Waals surface area contributed by atoms with Crippen LogP contribution in [0.25, 0.3) is 10.9 Å². The molecule has 0 aliphatic carbocycles. The summed E-state index contributed by atoms with van der Waals surface area (Å²) in [5.74, 6) is 0.826. The first-order valence-electron chi connectivity index (χ1n) is 4.70. The Kier molecular flexibility index (Phi) is 2.98. The largest absolute Gasteiger partial charge is 0.495 e. The van der Waals surface area contributed by atoms with Crippen molar-refractivity contribution in [2.24, 2.45) is 0 Å². The number of nitrogens with zero attached hydrogens (tertiary/aromatic N) is 1. The summed E-state index contributed by atoms with van der Waals surface area (Å²) in [6, 6.07) is 5.89. The van der Waals surface area contributed by atoms with E-state index < -0.39 is 0 Å². The van der Waals surface area contributed by atoms with Gasteiger partial charge in [-0.05, 0) is 18.2 Å². The van der Waals surface area contributed by atoms with Crippen LogP contribution in [0.3, 0.4) is 0 Å². The van der Waals surface area contributed by atoms with Crippen molar-refractivity contribution < 1.29 is 9.84 Å². The molecule has 0 radical (unpaired) electrons. The molecule has 0 spiro atoms. The Bertz CT molecular complexity index is 479. The van der Waals surface area contributed by atoms with Gasteiger partial charge in [0.15, 0.2) is 0 Å². The van der Waals surface area contributed by atoms with Crippen molar-refractivity contribution >= 4 is 26.8 Å². The summed E-state index contributed by atoms with van der Waals surface area (Å²) in [5.41, 5.74) is 1.01. The molecule has 2 aromatic rings. The standard InChI is InChI=1S/C11H12BrNO2/c1-15-10-3-2-9(12)8-4-5-13(6-7-14)11(8)10/h2-5,14H,6-7H2,1H3. The van der Waals surface area contributed by atoms with Gasteiger partial charge in [0, 0.05) is 22.6 Å². The lowest BCUT2D eigenvalue weighted by molar-refractivity contribution is 0.277. The normalized spacial score (nSPS) is 10.9. The van der Waals surface area contributed by atoms with Gasteiger partial charge in [0.05, 0.1) is 19.2 Å². The van der Waals surface area contributed by atoms with E-state index in [0.717, 1.165) is 21.1 Å². The Morgan fingerprint density at radius 1 is 1.40 bits per heavy atom. The monoisotopic (exact) mass is 269 g/mol. The van der Waals surface area contributed by atoms with Crippen LogP contribution in [0.5, 0.6) is 5.75 Å². The molecule has 0 atom stereocenters. The minimum atomic E-state index is 0.124. The lowest BCUT2D eigenvalue weighted by Crippen LogP contribution is -2.01. The van der Waals surface area contributed by atoms with Gasteiger partial charge in [0.1, 0.15) is 5.75 Å². The number of aliphatic hydroxyl groups is 1. The molecule has 0 aliphatic rings. The highest BCUT2D eigenvalue weighted by Gasteiger charge is 2.09. The summed E-state index contributed by atoms with van der Waals surface area (Å²) >= 11 is 3.49. The van der Waals surface area contributed by atoms with Gasteiger partial charge in [-0.2, -0.15) is 0 Å². The number of methoxy groups -OCH3 is 1. The van der Waals surface area contributed by atoms with E-state index in [9.17, 15) is 0 Å².